The van der Waals surface area contributed by atoms with Crippen LogP contribution >= 0.6 is 0 Å². The lowest BCUT2D eigenvalue weighted by atomic mass is 10.3. The quantitative estimate of drug-likeness (QED) is 0.872. The van der Waals surface area contributed by atoms with Crippen molar-refractivity contribution >= 4 is 11.4 Å². The highest BCUT2D eigenvalue weighted by Crippen LogP contribution is 2.21. The summed E-state index contributed by atoms with van der Waals surface area (Å²) in [6, 6.07) is 13.7. The molecule has 0 saturated heterocycles. The summed E-state index contributed by atoms with van der Waals surface area (Å²) >= 11 is 0. The summed E-state index contributed by atoms with van der Waals surface area (Å²) in [6.07, 6.45) is 5.53. The molecule has 0 fully saturated rings. The minimum atomic E-state index is -0.0722. The van der Waals surface area contributed by atoms with Gasteiger partial charge in [-0.05, 0) is 24.3 Å². The van der Waals surface area contributed by atoms with E-state index in [0.29, 0.717) is 12.4 Å². The van der Waals surface area contributed by atoms with E-state index in [1.807, 2.05) is 59.8 Å². The lowest BCUT2D eigenvalue weighted by Crippen LogP contribution is -2.28. The SMILES string of the molecule is O=c1[nH]cccc1N1C=CN(c2ccccc2)C1. The van der Waals surface area contributed by atoms with Crippen molar-refractivity contribution in [2.45, 2.75) is 0 Å². The Balaban J connectivity index is 1.84. The van der Waals surface area contributed by atoms with Gasteiger partial charge in [-0.15, -0.1) is 0 Å². The van der Waals surface area contributed by atoms with Gasteiger partial charge in [-0.3, -0.25) is 4.79 Å². The number of aromatic amines is 1. The van der Waals surface area contributed by atoms with Crippen LogP contribution in [0, 0.1) is 0 Å². The first-order chi connectivity index (χ1) is 8.84. The van der Waals surface area contributed by atoms with Gasteiger partial charge in [0.1, 0.15) is 5.69 Å². The number of aromatic nitrogens is 1. The second-order valence-electron chi connectivity index (χ2n) is 4.10. The second kappa shape index (κ2) is 4.41. The van der Waals surface area contributed by atoms with Gasteiger partial charge in [-0.25, -0.2) is 0 Å². The van der Waals surface area contributed by atoms with Gasteiger partial charge in [0, 0.05) is 24.3 Å². The topological polar surface area (TPSA) is 39.3 Å². The Morgan fingerprint density at radius 3 is 2.50 bits per heavy atom. The zero-order valence-corrected chi connectivity index (χ0v) is 9.78. The van der Waals surface area contributed by atoms with E-state index in [-0.39, 0.29) is 5.56 Å². The van der Waals surface area contributed by atoms with Gasteiger partial charge < -0.3 is 14.8 Å². The molecule has 0 unspecified atom stereocenters. The Kier molecular flexibility index (Phi) is 2.61. The summed E-state index contributed by atoms with van der Waals surface area (Å²) < 4.78 is 0. The summed E-state index contributed by atoms with van der Waals surface area (Å²) in [5.74, 6) is 0. The zero-order chi connectivity index (χ0) is 12.4. The van der Waals surface area contributed by atoms with Crippen molar-refractivity contribution in [2.75, 3.05) is 16.5 Å². The highest BCUT2D eigenvalue weighted by atomic mass is 16.1. The smallest absolute Gasteiger partial charge is 0.271 e. The molecule has 0 saturated carbocycles. The van der Waals surface area contributed by atoms with Crippen LogP contribution in [0.2, 0.25) is 0 Å². The number of nitrogens with zero attached hydrogens (tertiary/aromatic N) is 2. The van der Waals surface area contributed by atoms with Crippen LogP contribution in [-0.2, 0) is 0 Å². The minimum absolute atomic E-state index is 0.0722. The van der Waals surface area contributed by atoms with E-state index in [0.717, 1.165) is 5.69 Å². The zero-order valence-electron chi connectivity index (χ0n) is 9.78. The minimum Gasteiger partial charge on any atom is -0.328 e. The summed E-state index contributed by atoms with van der Waals surface area (Å²) in [7, 11) is 0. The molecule has 4 nitrogen and oxygen atoms in total. The molecule has 0 spiro atoms. The highest BCUT2D eigenvalue weighted by molar-refractivity contribution is 5.57. The second-order valence-corrected chi connectivity index (χ2v) is 4.10. The third kappa shape index (κ3) is 1.88. The predicted molar refractivity (Wildman–Crippen MR) is 72.5 cm³/mol. The van der Waals surface area contributed by atoms with Gasteiger partial charge in [0.25, 0.3) is 5.56 Å². The number of rotatable bonds is 2. The molecule has 0 radical (unpaired) electrons. The van der Waals surface area contributed by atoms with Gasteiger partial charge in [-0.2, -0.15) is 0 Å². The molecule has 2 heterocycles. The predicted octanol–water partition coefficient (Wildman–Crippen LogP) is 2.13. The van der Waals surface area contributed by atoms with Crippen LogP contribution in [0.3, 0.4) is 0 Å². The van der Waals surface area contributed by atoms with Gasteiger partial charge in [0.05, 0.1) is 6.67 Å². The molecule has 1 aliphatic rings. The number of hydrogen-bond acceptors (Lipinski definition) is 3. The number of pyridine rings is 1. The average molecular weight is 239 g/mol. The number of H-pyrrole nitrogens is 1. The number of hydrogen-bond donors (Lipinski definition) is 1. The molecule has 0 atom stereocenters. The van der Waals surface area contributed by atoms with Crippen molar-refractivity contribution in [1.29, 1.82) is 0 Å². The standard InChI is InChI=1S/C14H13N3O/c18-14-13(7-4-8-15-14)17-10-9-16(11-17)12-5-2-1-3-6-12/h1-10H,11H2,(H,15,18). The van der Waals surface area contributed by atoms with Gasteiger partial charge >= 0.3 is 0 Å². The Hall–Kier alpha value is -2.49. The fraction of sp³-hybridized carbons (Fsp3) is 0.0714. The largest absolute Gasteiger partial charge is 0.328 e. The maximum absolute atomic E-state index is 11.7. The molecule has 0 bridgehead atoms. The van der Waals surface area contributed by atoms with E-state index < -0.39 is 0 Å². The van der Waals surface area contributed by atoms with Crippen LogP contribution in [0.5, 0.6) is 0 Å². The molecule has 1 aromatic heterocycles. The van der Waals surface area contributed by atoms with E-state index in [4.69, 9.17) is 0 Å². The first-order valence-corrected chi connectivity index (χ1v) is 5.79. The highest BCUT2D eigenvalue weighted by Gasteiger charge is 2.16. The van der Waals surface area contributed by atoms with Gasteiger partial charge in [-0.1, -0.05) is 18.2 Å². The lowest BCUT2D eigenvalue weighted by Gasteiger charge is -2.20. The number of para-hydroxylation sites is 1. The van der Waals surface area contributed by atoms with Crippen molar-refractivity contribution < 1.29 is 0 Å². The molecule has 4 heteroatoms. The van der Waals surface area contributed by atoms with Gasteiger partial charge in [0.15, 0.2) is 0 Å². The van der Waals surface area contributed by atoms with Crippen LogP contribution in [0.25, 0.3) is 0 Å². The Morgan fingerprint density at radius 1 is 0.944 bits per heavy atom. The summed E-state index contributed by atoms with van der Waals surface area (Å²) in [4.78, 5) is 18.4. The maximum atomic E-state index is 11.7. The molecule has 1 N–H and O–H groups in total. The van der Waals surface area contributed by atoms with E-state index in [2.05, 4.69) is 9.88 Å². The molecular formula is C14H13N3O. The molecule has 1 aliphatic heterocycles. The van der Waals surface area contributed by atoms with Crippen molar-refractivity contribution in [1.82, 2.24) is 4.98 Å². The third-order valence-corrected chi connectivity index (χ3v) is 2.93. The lowest BCUT2D eigenvalue weighted by molar-refractivity contribution is 0.963. The average Bonchev–Trinajstić information content (AvgIpc) is 2.90. The van der Waals surface area contributed by atoms with Crippen LogP contribution < -0.4 is 15.4 Å². The van der Waals surface area contributed by atoms with Crippen molar-refractivity contribution in [3.63, 3.8) is 0 Å². The van der Waals surface area contributed by atoms with Crippen LogP contribution in [-0.4, -0.2) is 11.7 Å². The van der Waals surface area contributed by atoms with Crippen molar-refractivity contribution in [3.05, 3.63) is 71.4 Å². The number of anilines is 2. The third-order valence-electron chi connectivity index (χ3n) is 2.93. The molecule has 2 aromatic rings. The van der Waals surface area contributed by atoms with E-state index in [1.54, 1.807) is 6.20 Å². The number of benzene rings is 1. The van der Waals surface area contributed by atoms with Crippen LogP contribution in [0.15, 0.2) is 65.9 Å². The summed E-state index contributed by atoms with van der Waals surface area (Å²) in [5, 5.41) is 0. The normalized spacial score (nSPS) is 14.2. The van der Waals surface area contributed by atoms with Crippen LogP contribution in [0.4, 0.5) is 11.4 Å². The van der Waals surface area contributed by atoms with E-state index >= 15 is 0 Å². The van der Waals surface area contributed by atoms with Gasteiger partial charge in [0.2, 0.25) is 0 Å². The molecular weight excluding hydrogens is 226 g/mol. The van der Waals surface area contributed by atoms with Crippen molar-refractivity contribution in [3.8, 4) is 0 Å². The molecule has 3 rings (SSSR count). The fourth-order valence-electron chi connectivity index (χ4n) is 2.00. The first kappa shape index (κ1) is 10.7. The van der Waals surface area contributed by atoms with E-state index in [9.17, 15) is 4.79 Å². The number of nitrogens with one attached hydrogen (secondary N) is 1. The summed E-state index contributed by atoms with van der Waals surface area (Å²) in [6.45, 7) is 0.650. The molecule has 90 valence electrons. The Morgan fingerprint density at radius 2 is 1.72 bits per heavy atom. The maximum Gasteiger partial charge on any atom is 0.271 e. The van der Waals surface area contributed by atoms with E-state index in [1.165, 1.54) is 0 Å². The summed E-state index contributed by atoms with van der Waals surface area (Å²) in [5.41, 5.74) is 1.70. The van der Waals surface area contributed by atoms with Crippen LogP contribution in [0.1, 0.15) is 0 Å². The monoisotopic (exact) mass is 239 g/mol. The van der Waals surface area contributed by atoms with Crippen molar-refractivity contribution in [2.24, 2.45) is 0 Å². The Bertz CT molecular complexity index is 618. The molecule has 1 aromatic carbocycles. The molecule has 18 heavy (non-hydrogen) atoms. The Labute approximate surface area is 105 Å². The molecule has 0 amide bonds. The first-order valence-electron chi connectivity index (χ1n) is 5.79. The molecule has 0 aliphatic carbocycles. The fourth-order valence-corrected chi connectivity index (χ4v) is 2.00.